The lowest BCUT2D eigenvalue weighted by Crippen LogP contribution is -2.25. The molecule has 0 atom stereocenters. The Morgan fingerprint density at radius 3 is 2.44 bits per heavy atom. The number of aliphatic hydroxyl groups is 1. The largest absolute Gasteiger partial charge is 0.497 e. The van der Waals surface area contributed by atoms with Crippen molar-refractivity contribution in [2.24, 2.45) is 0 Å². The molecule has 0 aliphatic carbocycles. The summed E-state index contributed by atoms with van der Waals surface area (Å²) < 4.78 is 13.1. The van der Waals surface area contributed by atoms with Crippen molar-refractivity contribution in [3.05, 3.63) is 93.4 Å². The number of benzene rings is 1. The summed E-state index contributed by atoms with van der Waals surface area (Å²) in [5.41, 5.74) is 3.54. The Balaban J connectivity index is 1.71. The summed E-state index contributed by atoms with van der Waals surface area (Å²) in [4.78, 5) is 26.6. The molecule has 1 aromatic carbocycles. The highest BCUT2D eigenvalue weighted by atomic mass is 16.5. The summed E-state index contributed by atoms with van der Waals surface area (Å²) in [6, 6.07) is 13.0. The van der Waals surface area contributed by atoms with Crippen molar-refractivity contribution >= 4 is 0 Å². The van der Waals surface area contributed by atoms with Crippen LogP contribution in [0.1, 0.15) is 42.1 Å². The number of aromatic nitrogens is 4. The van der Waals surface area contributed by atoms with Crippen molar-refractivity contribution in [1.29, 1.82) is 0 Å². The lowest BCUT2D eigenvalue weighted by Gasteiger charge is -2.19. The number of nitrogens with zero attached hydrogens (tertiary/aromatic N) is 4. The fraction of sp³-hybridized carbons (Fsp3) is 0.286. The third-order valence-electron chi connectivity index (χ3n) is 6.07. The lowest BCUT2D eigenvalue weighted by molar-refractivity contribution is 0.0688. The first-order chi connectivity index (χ1) is 17.1. The van der Waals surface area contributed by atoms with Crippen LogP contribution in [0, 0.1) is 20.8 Å². The molecule has 3 heterocycles. The first-order valence-corrected chi connectivity index (χ1v) is 11.6. The number of pyridine rings is 2. The van der Waals surface area contributed by atoms with E-state index >= 15 is 0 Å². The maximum atomic E-state index is 13.5. The van der Waals surface area contributed by atoms with Crippen molar-refractivity contribution in [2.75, 3.05) is 7.11 Å². The number of rotatable bonds is 7. The third-order valence-corrected chi connectivity index (χ3v) is 6.07. The van der Waals surface area contributed by atoms with Gasteiger partial charge in [-0.25, -0.2) is 9.97 Å². The van der Waals surface area contributed by atoms with Gasteiger partial charge in [-0.15, -0.1) is 0 Å². The second-order valence-electron chi connectivity index (χ2n) is 9.17. The van der Waals surface area contributed by atoms with Crippen molar-refractivity contribution in [1.82, 2.24) is 19.5 Å². The average molecular weight is 487 g/mol. The minimum absolute atomic E-state index is 0.171. The van der Waals surface area contributed by atoms with Crippen LogP contribution >= 0.6 is 0 Å². The molecular formula is C28H30N4O4. The standard InChI is InChI=1S/C28H30N4O4/c1-17-19(3)32(26(33)18(2)25(17)36-16-20-8-7-9-22(14-20)35-6)21-10-12-29-24(15-21)23-11-13-30-27(31-23)28(4,5)34/h7-15,34H,16H2,1-6H3. The van der Waals surface area contributed by atoms with E-state index in [-0.39, 0.29) is 5.56 Å². The van der Waals surface area contributed by atoms with E-state index in [1.54, 1.807) is 63.0 Å². The van der Waals surface area contributed by atoms with Crippen molar-refractivity contribution < 1.29 is 14.6 Å². The molecule has 0 bridgehead atoms. The van der Waals surface area contributed by atoms with Gasteiger partial charge in [-0.2, -0.15) is 0 Å². The minimum atomic E-state index is -1.18. The first kappa shape index (κ1) is 25.1. The first-order valence-electron chi connectivity index (χ1n) is 11.6. The summed E-state index contributed by atoms with van der Waals surface area (Å²) in [5, 5.41) is 10.3. The van der Waals surface area contributed by atoms with E-state index in [1.165, 1.54) is 0 Å². The van der Waals surface area contributed by atoms with Crippen LogP contribution in [0.25, 0.3) is 17.1 Å². The van der Waals surface area contributed by atoms with Gasteiger partial charge in [0.2, 0.25) is 0 Å². The predicted molar refractivity (Wildman–Crippen MR) is 138 cm³/mol. The maximum absolute atomic E-state index is 13.5. The zero-order valence-electron chi connectivity index (χ0n) is 21.4. The summed E-state index contributed by atoms with van der Waals surface area (Å²) in [5.74, 6) is 1.63. The Hall–Kier alpha value is -4.04. The highest BCUT2D eigenvalue weighted by molar-refractivity contribution is 5.58. The molecule has 1 N–H and O–H groups in total. The molecule has 0 spiro atoms. The van der Waals surface area contributed by atoms with Gasteiger partial charge in [-0.1, -0.05) is 12.1 Å². The van der Waals surface area contributed by atoms with Crippen LogP contribution in [-0.2, 0) is 12.2 Å². The average Bonchev–Trinajstić information content (AvgIpc) is 2.87. The van der Waals surface area contributed by atoms with E-state index in [9.17, 15) is 9.90 Å². The lowest BCUT2D eigenvalue weighted by atomic mass is 10.1. The number of ether oxygens (including phenoxy) is 2. The fourth-order valence-electron chi connectivity index (χ4n) is 3.97. The van der Waals surface area contributed by atoms with Crippen LogP contribution < -0.4 is 15.0 Å². The zero-order chi connectivity index (χ0) is 26.0. The van der Waals surface area contributed by atoms with Crippen molar-refractivity contribution in [2.45, 2.75) is 46.8 Å². The van der Waals surface area contributed by atoms with Crippen LogP contribution in [0.5, 0.6) is 11.5 Å². The van der Waals surface area contributed by atoms with Gasteiger partial charge in [-0.3, -0.25) is 14.3 Å². The van der Waals surface area contributed by atoms with Crippen LogP contribution in [-0.4, -0.2) is 31.7 Å². The van der Waals surface area contributed by atoms with E-state index in [2.05, 4.69) is 15.0 Å². The summed E-state index contributed by atoms with van der Waals surface area (Å²) >= 11 is 0. The second kappa shape index (κ2) is 9.91. The minimum Gasteiger partial charge on any atom is -0.497 e. The van der Waals surface area contributed by atoms with Gasteiger partial charge >= 0.3 is 0 Å². The Bertz CT molecular complexity index is 1470. The quantitative estimate of drug-likeness (QED) is 0.413. The van der Waals surface area contributed by atoms with E-state index in [0.29, 0.717) is 40.8 Å². The zero-order valence-corrected chi connectivity index (χ0v) is 21.4. The maximum Gasteiger partial charge on any atom is 0.261 e. The fourth-order valence-corrected chi connectivity index (χ4v) is 3.97. The highest BCUT2D eigenvalue weighted by Gasteiger charge is 2.21. The molecule has 8 heteroatoms. The number of hydrogen-bond acceptors (Lipinski definition) is 7. The van der Waals surface area contributed by atoms with Crippen molar-refractivity contribution in [3.63, 3.8) is 0 Å². The molecule has 0 aliphatic rings. The Morgan fingerprint density at radius 1 is 0.972 bits per heavy atom. The van der Waals surface area contributed by atoms with E-state index in [4.69, 9.17) is 9.47 Å². The Morgan fingerprint density at radius 2 is 1.72 bits per heavy atom. The third kappa shape index (κ3) is 4.99. The van der Waals surface area contributed by atoms with Crippen LogP contribution in [0.3, 0.4) is 0 Å². The molecule has 0 saturated carbocycles. The van der Waals surface area contributed by atoms with Gasteiger partial charge in [0.1, 0.15) is 23.7 Å². The summed E-state index contributed by atoms with van der Waals surface area (Å²) in [7, 11) is 1.62. The molecule has 0 amide bonds. The number of methoxy groups -OCH3 is 1. The summed E-state index contributed by atoms with van der Waals surface area (Å²) in [6.45, 7) is 9.19. The van der Waals surface area contributed by atoms with Gasteiger partial charge in [0, 0.05) is 23.7 Å². The monoisotopic (exact) mass is 486 g/mol. The summed E-state index contributed by atoms with van der Waals surface area (Å²) in [6.07, 6.45) is 3.23. The molecule has 36 heavy (non-hydrogen) atoms. The van der Waals surface area contributed by atoms with E-state index in [0.717, 1.165) is 22.6 Å². The van der Waals surface area contributed by atoms with Crippen LogP contribution in [0.2, 0.25) is 0 Å². The molecule has 8 nitrogen and oxygen atoms in total. The Kier molecular flexibility index (Phi) is 6.90. The Labute approximate surface area is 210 Å². The van der Waals surface area contributed by atoms with Gasteiger partial charge in [0.15, 0.2) is 5.82 Å². The smallest absolute Gasteiger partial charge is 0.261 e. The molecule has 4 rings (SSSR count). The van der Waals surface area contributed by atoms with Crippen molar-refractivity contribution in [3.8, 4) is 28.6 Å². The van der Waals surface area contributed by atoms with E-state index in [1.807, 2.05) is 38.1 Å². The molecule has 3 aromatic heterocycles. The molecule has 4 aromatic rings. The molecular weight excluding hydrogens is 456 g/mol. The molecule has 0 saturated heterocycles. The van der Waals surface area contributed by atoms with Crippen LogP contribution in [0.4, 0.5) is 0 Å². The van der Waals surface area contributed by atoms with E-state index < -0.39 is 5.60 Å². The van der Waals surface area contributed by atoms with Gasteiger partial charge in [-0.05, 0) is 70.5 Å². The highest BCUT2D eigenvalue weighted by Crippen LogP contribution is 2.27. The SMILES string of the molecule is COc1cccc(COc2c(C)c(C)n(-c3ccnc(-c4ccnc(C(C)(C)O)n4)c3)c(=O)c2C)c1. The number of hydrogen-bond donors (Lipinski definition) is 1. The van der Waals surface area contributed by atoms with Gasteiger partial charge in [0.25, 0.3) is 5.56 Å². The predicted octanol–water partition coefficient (Wildman–Crippen LogP) is 4.43. The van der Waals surface area contributed by atoms with Crippen LogP contribution in [0.15, 0.2) is 59.7 Å². The normalized spacial score (nSPS) is 11.4. The molecule has 0 radical (unpaired) electrons. The van der Waals surface area contributed by atoms with Gasteiger partial charge < -0.3 is 14.6 Å². The topological polar surface area (TPSA) is 99.4 Å². The second-order valence-corrected chi connectivity index (χ2v) is 9.17. The molecule has 0 unspecified atom stereocenters. The molecule has 186 valence electrons. The van der Waals surface area contributed by atoms with Gasteiger partial charge in [0.05, 0.1) is 29.7 Å². The molecule has 0 aliphatic heterocycles. The molecule has 0 fully saturated rings.